The summed E-state index contributed by atoms with van der Waals surface area (Å²) in [5.41, 5.74) is 6.86. The Kier molecular flexibility index (Phi) is 5.93. The number of rotatable bonds is 4. The molecular formula is C22H21ClN4O3S. The van der Waals surface area contributed by atoms with Crippen molar-refractivity contribution in [2.24, 2.45) is 11.7 Å². The molecule has 4 rings (SSSR count). The molecule has 0 aliphatic carbocycles. The van der Waals surface area contributed by atoms with E-state index < -0.39 is 0 Å². The van der Waals surface area contributed by atoms with Gasteiger partial charge in [-0.3, -0.25) is 19.0 Å². The maximum Gasteiger partial charge on any atom is 0.262 e. The summed E-state index contributed by atoms with van der Waals surface area (Å²) in [6.07, 6.45) is 1.12. The van der Waals surface area contributed by atoms with E-state index in [9.17, 15) is 14.4 Å². The number of aromatic nitrogens is 2. The van der Waals surface area contributed by atoms with Crippen molar-refractivity contribution in [1.82, 2.24) is 14.5 Å². The number of aromatic amines is 1. The topological polar surface area (TPSA) is 101 Å². The van der Waals surface area contributed by atoms with Gasteiger partial charge in [0.2, 0.25) is 5.91 Å². The van der Waals surface area contributed by atoms with Crippen LogP contribution in [0.15, 0.2) is 47.3 Å². The number of likely N-dealkylation sites (tertiary alicyclic amines) is 1. The second-order valence-corrected chi connectivity index (χ2v) is 8.44. The van der Waals surface area contributed by atoms with Gasteiger partial charge in [0, 0.05) is 29.6 Å². The van der Waals surface area contributed by atoms with Gasteiger partial charge in [0.05, 0.1) is 17.4 Å². The number of amides is 2. The van der Waals surface area contributed by atoms with Gasteiger partial charge in [-0.25, -0.2) is 0 Å². The molecule has 7 nitrogen and oxygen atoms in total. The minimum atomic E-state index is -0.321. The molecule has 9 heteroatoms. The lowest BCUT2D eigenvalue weighted by Gasteiger charge is -2.30. The molecule has 0 radical (unpaired) electrons. The van der Waals surface area contributed by atoms with Crippen molar-refractivity contribution in [3.05, 3.63) is 73.7 Å². The number of carbonyl (C=O) groups is 2. The van der Waals surface area contributed by atoms with Crippen LogP contribution in [0.25, 0.3) is 10.9 Å². The highest BCUT2D eigenvalue weighted by Gasteiger charge is 2.26. The Morgan fingerprint density at radius 3 is 2.55 bits per heavy atom. The van der Waals surface area contributed by atoms with Gasteiger partial charge >= 0.3 is 0 Å². The van der Waals surface area contributed by atoms with Gasteiger partial charge < -0.3 is 15.6 Å². The second kappa shape index (κ2) is 8.64. The van der Waals surface area contributed by atoms with Crippen LogP contribution in [0.4, 0.5) is 0 Å². The Morgan fingerprint density at radius 1 is 1.16 bits per heavy atom. The fourth-order valence-electron chi connectivity index (χ4n) is 3.88. The lowest BCUT2D eigenvalue weighted by molar-refractivity contribution is -0.123. The second-order valence-electron chi connectivity index (χ2n) is 7.64. The molecule has 1 saturated heterocycles. The summed E-state index contributed by atoms with van der Waals surface area (Å²) >= 11 is 11.6. The normalized spacial score (nSPS) is 14.7. The summed E-state index contributed by atoms with van der Waals surface area (Å²) in [5, 5.41) is 0.995. The largest absolute Gasteiger partial charge is 0.369 e. The molecule has 1 aliphatic rings. The Balaban J connectivity index is 1.63. The summed E-state index contributed by atoms with van der Waals surface area (Å²) in [5.74, 6) is -0.656. The molecule has 0 bridgehead atoms. The number of piperidine rings is 1. The van der Waals surface area contributed by atoms with Crippen molar-refractivity contribution in [2.45, 2.75) is 19.4 Å². The molecule has 0 unspecified atom stereocenters. The fraction of sp³-hybridized carbons (Fsp3) is 0.273. The van der Waals surface area contributed by atoms with Crippen molar-refractivity contribution in [3.63, 3.8) is 0 Å². The summed E-state index contributed by atoms with van der Waals surface area (Å²) in [6.45, 7) is 1.19. The lowest BCUT2D eigenvalue weighted by atomic mass is 9.96. The zero-order valence-corrected chi connectivity index (χ0v) is 18.2. The first kappa shape index (κ1) is 21.3. The predicted octanol–water partition coefficient (Wildman–Crippen LogP) is 3.10. The van der Waals surface area contributed by atoms with Gasteiger partial charge in [-0.15, -0.1) is 0 Å². The third-order valence-corrected chi connectivity index (χ3v) is 6.39. The summed E-state index contributed by atoms with van der Waals surface area (Å²) in [6, 6.07) is 12.2. The van der Waals surface area contributed by atoms with Crippen LogP contribution in [-0.4, -0.2) is 39.4 Å². The Labute approximate surface area is 188 Å². The molecule has 0 spiro atoms. The Bertz CT molecular complexity index is 1290. The van der Waals surface area contributed by atoms with Crippen LogP contribution in [-0.2, 0) is 11.3 Å². The standard InChI is InChI=1S/C22H21ClN4O3S/c23-17-4-2-1-3-15(17)12-27-21(30)16-6-5-14(11-18(16)25-22(27)31)20(29)26-9-7-13(8-10-26)19(24)28/h1-6,11,13H,7-10,12H2,(H2,24,28)(H,25,31). The van der Waals surface area contributed by atoms with Crippen molar-refractivity contribution < 1.29 is 9.59 Å². The molecular weight excluding hydrogens is 436 g/mol. The number of halogens is 1. The van der Waals surface area contributed by atoms with Gasteiger partial charge in [-0.05, 0) is 54.9 Å². The number of nitrogens with zero attached hydrogens (tertiary/aromatic N) is 2. The van der Waals surface area contributed by atoms with E-state index in [-0.39, 0.29) is 34.6 Å². The number of H-pyrrole nitrogens is 1. The molecule has 1 aromatic heterocycles. The van der Waals surface area contributed by atoms with Crippen LogP contribution < -0.4 is 11.3 Å². The van der Waals surface area contributed by atoms with Crippen LogP contribution in [0.2, 0.25) is 5.02 Å². The highest BCUT2D eigenvalue weighted by molar-refractivity contribution is 7.71. The Hall–Kier alpha value is -2.97. The number of nitrogens with two attached hydrogens (primary N) is 1. The van der Waals surface area contributed by atoms with Crippen molar-refractivity contribution in [2.75, 3.05) is 13.1 Å². The van der Waals surface area contributed by atoms with E-state index in [4.69, 9.17) is 29.6 Å². The molecule has 1 fully saturated rings. The number of hydrogen-bond donors (Lipinski definition) is 2. The van der Waals surface area contributed by atoms with Crippen molar-refractivity contribution in [3.8, 4) is 0 Å². The maximum absolute atomic E-state index is 13.0. The number of hydrogen-bond acceptors (Lipinski definition) is 4. The van der Waals surface area contributed by atoms with Crippen LogP contribution >= 0.6 is 23.8 Å². The molecule has 2 heterocycles. The third-order valence-electron chi connectivity index (χ3n) is 5.70. The first-order valence-electron chi connectivity index (χ1n) is 9.94. The molecule has 1 aliphatic heterocycles. The van der Waals surface area contributed by atoms with Crippen LogP contribution in [0.3, 0.4) is 0 Å². The molecule has 160 valence electrons. The third kappa shape index (κ3) is 4.26. The first-order valence-corrected chi connectivity index (χ1v) is 10.7. The zero-order valence-electron chi connectivity index (χ0n) is 16.6. The van der Waals surface area contributed by atoms with Gasteiger partial charge in [0.25, 0.3) is 11.5 Å². The highest BCUT2D eigenvalue weighted by Crippen LogP contribution is 2.21. The molecule has 3 N–H and O–H groups in total. The van der Waals surface area contributed by atoms with Crippen LogP contribution in [0.1, 0.15) is 28.8 Å². The van der Waals surface area contributed by atoms with E-state index >= 15 is 0 Å². The number of benzene rings is 2. The lowest BCUT2D eigenvalue weighted by Crippen LogP contribution is -2.41. The van der Waals surface area contributed by atoms with E-state index in [0.717, 1.165) is 5.56 Å². The molecule has 0 atom stereocenters. The minimum Gasteiger partial charge on any atom is -0.369 e. The summed E-state index contributed by atoms with van der Waals surface area (Å²) < 4.78 is 1.71. The minimum absolute atomic E-state index is 0.149. The average molecular weight is 457 g/mol. The summed E-state index contributed by atoms with van der Waals surface area (Å²) in [4.78, 5) is 42.1. The van der Waals surface area contributed by atoms with Crippen molar-refractivity contribution in [1.29, 1.82) is 0 Å². The van der Waals surface area contributed by atoms with Crippen molar-refractivity contribution >= 4 is 46.5 Å². The quantitative estimate of drug-likeness (QED) is 0.589. The van der Waals surface area contributed by atoms with Crippen LogP contribution in [0, 0.1) is 10.7 Å². The van der Waals surface area contributed by atoms with E-state index in [0.29, 0.717) is 47.4 Å². The Morgan fingerprint density at radius 2 is 1.87 bits per heavy atom. The zero-order chi connectivity index (χ0) is 22.1. The van der Waals surface area contributed by atoms with Gasteiger partial charge in [0.15, 0.2) is 4.77 Å². The maximum atomic E-state index is 13.0. The highest BCUT2D eigenvalue weighted by atomic mass is 35.5. The molecule has 2 aromatic carbocycles. The SMILES string of the molecule is NC(=O)C1CCN(C(=O)c2ccc3c(=O)n(Cc4ccccc4Cl)c(=S)[nH]c3c2)CC1. The smallest absolute Gasteiger partial charge is 0.262 e. The van der Waals surface area contributed by atoms with E-state index in [1.807, 2.05) is 18.2 Å². The molecule has 3 aromatic rings. The van der Waals surface area contributed by atoms with Gasteiger partial charge in [-0.1, -0.05) is 29.8 Å². The van der Waals surface area contributed by atoms with E-state index in [1.165, 1.54) is 4.57 Å². The van der Waals surface area contributed by atoms with E-state index in [1.54, 1.807) is 29.2 Å². The predicted molar refractivity (Wildman–Crippen MR) is 122 cm³/mol. The first-order chi connectivity index (χ1) is 14.8. The molecule has 2 amide bonds. The number of primary amides is 1. The number of fused-ring (bicyclic) bond motifs is 1. The number of nitrogens with one attached hydrogen (secondary N) is 1. The summed E-state index contributed by atoms with van der Waals surface area (Å²) in [7, 11) is 0. The van der Waals surface area contributed by atoms with E-state index in [2.05, 4.69) is 4.98 Å². The average Bonchev–Trinajstić information content (AvgIpc) is 2.77. The number of carbonyl (C=O) groups excluding carboxylic acids is 2. The van der Waals surface area contributed by atoms with Gasteiger partial charge in [0.1, 0.15) is 0 Å². The fourth-order valence-corrected chi connectivity index (χ4v) is 4.33. The molecule has 0 saturated carbocycles. The monoisotopic (exact) mass is 456 g/mol. The van der Waals surface area contributed by atoms with Gasteiger partial charge in [-0.2, -0.15) is 0 Å². The van der Waals surface area contributed by atoms with Crippen LogP contribution in [0.5, 0.6) is 0 Å². The molecule has 31 heavy (non-hydrogen) atoms.